The van der Waals surface area contributed by atoms with Gasteiger partial charge in [0.2, 0.25) is 0 Å². The highest BCUT2D eigenvalue weighted by atomic mass is 16.5. The molecule has 23 heavy (non-hydrogen) atoms. The molecule has 0 aromatic heterocycles. The molecule has 0 bridgehead atoms. The van der Waals surface area contributed by atoms with Gasteiger partial charge in [0.1, 0.15) is 11.5 Å². The van der Waals surface area contributed by atoms with E-state index >= 15 is 0 Å². The SMILES string of the molecule is CCOc1ccc(C(=O)Oc2ccc(C(C)(C)C)cc2C)cc1. The highest BCUT2D eigenvalue weighted by Gasteiger charge is 2.16. The molecule has 0 aliphatic carbocycles. The number of ether oxygens (including phenoxy) is 2. The van der Waals surface area contributed by atoms with E-state index in [1.165, 1.54) is 5.56 Å². The van der Waals surface area contributed by atoms with Gasteiger partial charge in [0.25, 0.3) is 0 Å². The molecule has 0 spiro atoms. The van der Waals surface area contributed by atoms with Gasteiger partial charge >= 0.3 is 5.97 Å². The second-order valence-electron chi connectivity index (χ2n) is 6.58. The molecule has 2 aromatic rings. The molecule has 0 saturated heterocycles. The summed E-state index contributed by atoms with van der Waals surface area (Å²) in [5.41, 5.74) is 2.75. The molecule has 2 aromatic carbocycles. The quantitative estimate of drug-likeness (QED) is 0.594. The molecule has 0 radical (unpaired) electrons. The Kier molecular flexibility index (Phi) is 5.09. The van der Waals surface area contributed by atoms with Gasteiger partial charge in [0.05, 0.1) is 12.2 Å². The van der Waals surface area contributed by atoms with Crippen LogP contribution in [0.25, 0.3) is 0 Å². The third kappa shape index (κ3) is 4.35. The first-order valence-electron chi connectivity index (χ1n) is 7.87. The first kappa shape index (κ1) is 17.1. The lowest BCUT2D eigenvalue weighted by atomic mass is 9.86. The molecule has 3 nitrogen and oxygen atoms in total. The summed E-state index contributed by atoms with van der Waals surface area (Å²) in [7, 11) is 0. The van der Waals surface area contributed by atoms with Gasteiger partial charge in [-0.1, -0.05) is 32.9 Å². The minimum Gasteiger partial charge on any atom is -0.494 e. The van der Waals surface area contributed by atoms with Crippen molar-refractivity contribution in [2.24, 2.45) is 0 Å². The summed E-state index contributed by atoms with van der Waals surface area (Å²) in [6.07, 6.45) is 0. The Morgan fingerprint density at radius 1 is 1.04 bits per heavy atom. The standard InChI is InChI=1S/C20H24O3/c1-6-22-17-10-7-15(8-11-17)19(21)23-18-12-9-16(13-14(18)2)20(3,4)5/h7-13H,6H2,1-5H3. The Morgan fingerprint density at radius 2 is 1.70 bits per heavy atom. The van der Waals surface area contributed by atoms with Crippen LogP contribution in [-0.4, -0.2) is 12.6 Å². The summed E-state index contributed by atoms with van der Waals surface area (Å²) in [5, 5.41) is 0. The fourth-order valence-corrected chi connectivity index (χ4v) is 2.24. The van der Waals surface area contributed by atoms with E-state index in [1.54, 1.807) is 24.3 Å². The molecule has 0 saturated carbocycles. The third-order valence-corrected chi connectivity index (χ3v) is 3.64. The maximum atomic E-state index is 12.3. The van der Waals surface area contributed by atoms with Crippen LogP contribution in [-0.2, 0) is 5.41 Å². The second kappa shape index (κ2) is 6.86. The summed E-state index contributed by atoms with van der Waals surface area (Å²) < 4.78 is 10.9. The van der Waals surface area contributed by atoms with E-state index in [9.17, 15) is 4.79 Å². The predicted molar refractivity (Wildman–Crippen MR) is 92.4 cm³/mol. The smallest absolute Gasteiger partial charge is 0.343 e. The van der Waals surface area contributed by atoms with Crippen LogP contribution >= 0.6 is 0 Å². The Bertz CT molecular complexity index is 679. The molecule has 0 N–H and O–H groups in total. The van der Waals surface area contributed by atoms with Crippen LogP contribution in [0.5, 0.6) is 11.5 Å². The first-order chi connectivity index (χ1) is 10.8. The molecule has 0 aliphatic heterocycles. The van der Waals surface area contributed by atoms with Gasteiger partial charge in [-0.2, -0.15) is 0 Å². The van der Waals surface area contributed by atoms with E-state index < -0.39 is 0 Å². The van der Waals surface area contributed by atoms with E-state index in [-0.39, 0.29) is 11.4 Å². The minimum atomic E-state index is -0.361. The van der Waals surface area contributed by atoms with E-state index in [0.717, 1.165) is 11.3 Å². The third-order valence-electron chi connectivity index (χ3n) is 3.64. The zero-order valence-corrected chi connectivity index (χ0v) is 14.5. The maximum absolute atomic E-state index is 12.3. The van der Waals surface area contributed by atoms with Crippen LogP contribution in [0.3, 0.4) is 0 Å². The lowest BCUT2D eigenvalue weighted by Crippen LogP contribution is -2.13. The van der Waals surface area contributed by atoms with Crippen molar-refractivity contribution in [1.82, 2.24) is 0 Å². The van der Waals surface area contributed by atoms with Crippen molar-refractivity contribution in [1.29, 1.82) is 0 Å². The Labute approximate surface area is 138 Å². The predicted octanol–water partition coefficient (Wildman–Crippen LogP) is 4.91. The fraction of sp³-hybridized carbons (Fsp3) is 0.350. The lowest BCUT2D eigenvalue weighted by molar-refractivity contribution is 0.0733. The van der Waals surface area contributed by atoms with Crippen LogP contribution in [0.15, 0.2) is 42.5 Å². The van der Waals surface area contributed by atoms with E-state index in [4.69, 9.17) is 9.47 Å². The zero-order chi connectivity index (χ0) is 17.0. The van der Waals surface area contributed by atoms with Crippen LogP contribution in [0.2, 0.25) is 0 Å². The summed E-state index contributed by atoms with van der Waals surface area (Å²) >= 11 is 0. The van der Waals surface area contributed by atoms with Crippen molar-refractivity contribution in [3.05, 3.63) is 59.2 Å². The maximum Gasteiger partial charge on any atom is 0.343 e. The Balaban J connectivity index is 2.14. The van der Waals surface area contributed by atoms with Crippen molar-refractivity contribution in [2.45, 2.75) is 40.0 Å². The number of esters is 1. The Hall–Kier alpha value is -2.29. The van der Waals surface area contributed by atoms with Gasteiger partial charge in [-0.3, -0.25) is 0 Å². The molecule has 0 unspecified atom stereocenters. The topological polar surface area (TPSA) is 35.5 Å². The molecule has 0 atom stereocenters. The van der Waals surface area contributed by atoms with Crippen molar-refractivity contribution in [2.75, 3.05) is 6.61 Å². The second-order valence-corrected chi connectivity index (χ2v) is 6.58. The number of carbonyl (C=O) groups excluding carboxylic acids is 1. The molecule has 3 heteroatoms. The number of aryl methyl sites for hydroxylation is 1. The molecule has 0 fully saturated rings. The number of hydrogen-bond acceptors (Lipinski definition) is 3. The van der Waals surface area contributed by atoms with E-state index in [1.807, 2.05) is 26.0 Å². The zero-order valence-electron chi connectivity index (χ0n) is 14.5. The van der Waals surface area contributed by atoms with Gasteiger partial charge in [-0.05, 0) is 60.7 Å². The molecular formula is C20H24O3. The van der Waals surface area contributed by atoms with Crippen molar-refractivity contribution < 1.29 is 14.3 Å². The Morgan fingerprint density at radius 3 is 2.22 bits per heavy atom. The van der Waals surface area contributed by atoms with Crippen molar-refractivity contribution in [3.63, 3.8) is 0 Å². The minimum absolute atomic E-state index is 0.0718. The average molecular weight is 312 g/mol. The number of carbonyl (C=O) groups is 1. The van der Waals surface area contributed by atoms with Crippen molar-refractivity contribution in [3.8, 4) is 11.5 Å². The van der Waals surface area contributed by atoms with Crippen LogP contribution < -0.4 is 9.47 Å². The van der Waals surface area contributed by atoms with Gasteiger partial charge in [-0.15, -0.1) is 0 Å². The molecule has 2 rings (SSSR count). The van der Waals surface area contributed by atoms with Crippen LogP contribution in [0, 0.1) is 6.92 Å². The largest absolute Gasteiger partial charge is 0.494 e. The molecule has 122 valence electrons. The van der Waals surface area contributed by atoms with E-state index in [2.05, 4.69) is 26.8 Å². The molecule has 0 aliphatic rings. The lowest BCUT2D eigenvalue weighted by Gasteiger charge is -2.20. The monoisotopic (exact) mass is 312 g/mol. The molecule has 0 heterocycles. The van der Waals surface area contributed by atoms with Crippen LogP contribution in [0.4, 0.5) is 0 Å². The average Bonchev–Trinajstić information content (AvgIpc) is 2.49. The summed E-state index contributed by atoms with van der Waals surface area (Å²) in [6, 6.07) is 12.9. The van der Waals surface area contributed by atoms with Gasteiger partial charge in [-0.25, -0.2) is 4.79 Å². The number of benzene rings is 2. The highest BCUT2D eigenvalue weighted by molar-refractivity contribution is 5.91. The van der Waals surface area contributed by atoms with Crippen molar-refractivity contribution >= 4 is 5.97 Å². The summed E-state index contributed by atoms with van der Waals surface area (Å²) in [4.78, 5) is 12.3. The number of rotatable bonds is 4. The first-order valence-corrected chi connectivity index (χ1v) is 7.87. The highest BCUT2D eigenvalue weighted by Crippen LogP contribution is 2.28. The fourth-order valence-electron chi connectivity index (χ4n) is 2.24. The number of hydrogen-bond donors (Lipinski definition) is 0. The van der Waals surface area contributed by atoms with Gasteiger partial charge in [0.15, 0.2) is 0 Å². The van der Waals surface area contributed by atoms with Gasteiger partial charge in [0, 0.05) is 0 Å². The normalized spacial score (nSPS) is 11.2. The van der Waals surface area contributed by atoms with E-state index in [0.29, 0.717) is 17.9 Å². The molecular weight excluding hydrogens is 288 g/mol. The summed E-state index contributed by atoms with van der Waals surface area (Å²) in [5.74, 6) is 0.978. The summed E-state index contributed by atoms with van der Waals surface area (Å²) in [6.45, 7) is 11.0. The van der Waals surface area contributed by atoms with Crippen LogP contribution in [0.1, 0.15) is 49.2 Å². The molecule has 0 amide bonds. The van der Waals surface area contributed by atoms with Gasteiger partial charge < -0.3 is 9.47 Å².